The molecule has 1 saturated heterocycles. The Bertz CT molecular complexity index is 1760. The first-order chi connectivity index (χ1) is 23.2. The van der Waals surface area contributed by atoms with E-state index in [1.54, 1.807) is 32.2 Å². The highest BCUT2D eigenvalue weighted by molar-refractivity contribution is 7.15. The first-order valence-electron chi connectivity index (χ1n) is 16.0. The molecule has 12 heteroatoms. The molecule has 1 fully saturated rings. The predicted octanol–water partition coefficient (Wildman–Crippen LogP) is 7.52. The molecular weight excluding hydrogens is 655 g/mol. The van der Waals surface area contributed by atoms with Crippen LogP contribution in [0.5, 0.6) is 11.5 Å². The number of ketones is 1. The third-order valence-electron chi connectivity index (χ3n) is 8.60. The number of carbonyl (C=O) groups is 2. The molecule has 260 valence electrons. The van der Waals surface area contributed by atoms with Gasteiger partial charge < -0.3 is 14.6 Å². The van der Waals surface area contributed by atoms with Crippen molar-refractivity contribution in [2.24, 2.45) is 0 Å². The SMILES string of the molecule is COc1ccc(CN2CCN(Cc3nc(-c4ccc(C(F)(F)F)cc4)sc3CCC(=O)c3ccc(OC(C)(C)C(=O)O)c(C)c3)CC2)cc1. The molecule has 0 saturated carbocycles. The van der Waals surface area contributed by atoms with Crippen LogP contribution >= 0.6 is 11.3 Å². The normalized spacial score (nSPS) is 14.5. The molecule has 0 atom stereocenters. The standard InChI is InChI=1S/C37H40F3N3O5S/c1-24-21-27(9-15-32(24)48-36(2,3)35(45)46)31(44)14-16-33-30(41-34(49-33)26-7-10-28(11-8-26)37(38,39)40)23-43-19-17-42(18-20-43)22-25-5-12-29(47-4)13-6-25/h5-13,15,21H,14,16-20,22-23H2,1-4H3,(H,45,46). The second kappa shape index (κ2) is 15.1. The number of Topliss-reactive ketones (excluding diaryl/α,β-unsaturated/α-hetero) is 1. The number of methoxy groups -OCH3 is 1. The number of thiazole rings is 1. The number of ether oxygens (including phenoxy) is 2. The summed E-state index contributed by atoms with van der Waals surface area (Å²) in [5.74, 6) is 0.0249. The lowest BCUT2D eigenvalue weighted by molar-refractivity contribution is -0.152. The Hall–Kier alpha value is -4.26. The largest absolute Gasteiger partial charge is 0.497 e. The summed E-state index contributed by atoms with van der Waals surface area (Å²) < 4.78 is 50.6. The minimum Gasteiger partial charge on any atom is -0.497 e. The van der Waals surface area contributed by atoms with Gasteiger partial charge in [-0.1, -0.05) is 24.3 Å². The number of carboxylic acids is 1. The van der Waals surface area contributed by atoms with Crippen LogP contribution in [-0.4, -0.2) is 70.5 Å². The van der Waals surface area contributed by atoms with E-state index in [1.165, 1.54) is 42.9 Å². The molecule has 0 aliphatic carbocycles. The van der Waals surface area contributed by atoms with Crippen LogP contribution in [-0.2, 0) is 30.5 Å². The number of alkyl halides is 3. The second-order valence-electron chi connectivity index (χ2n) is 12.7. The molecular formula is C37H40F3N3O5S. The zero-order valence-corrected chi connectivity index (χ0v) is 28.8. The van der Waals surface area contributed by atoms with Gasteiger partial charge in [-0.05, 0) is 80.8 Å². The van der Waals surface area contributed by atoms with E-state index >= 15 is 0 Å². The van der Waals surface area contributed by atoms with Crippen LogP contribution in [0.3, 0.4) is 0 Å². The number of piperazine rings is 1. The van der Waals surface area contributed by atoms with Crippen molar-refractivity contribution in [3.05, 3.63) is 99.6 Å². The number of aromatic nitrogens is 1. The summed E-state index contributed by atoms with van der Waals surface area (Å²) in [7, 11) is 1.65. The minimum absolute atomic E-state index is 0.0882. The summed E-state index contributed by atoms with van der Waals surface area (Å²) in [6.07, 6.45) is -3.80. The molecule has 0 unspecified atom stereocenters. The molecule has 2 heterocycles. The molecule has 1 aromatic heterocycles. The van der Waals surface area contributed by atoms with E-state index in [0.717, 1.165) is 61.2 Å². The second-order valence-corrected chi connectivity index (χ2v) is 13.8. The van der Waals surface area contributed by atoms with Crippen LogP contribution in [0.15, 0.2) is 66.7 Å². The van der Waals surface area contributed by atoms with Crippen molar-refractivity contribution < 1.29 is 37.3 Å². The smallest absolute Gasteiger partial charge is 0.416 e. The summed E-state index contributed by atoms with van der Waals surface area (Å²) in [5.41, 5.74) is 1.62. The fraction of sp³-hybridized carbons (Fsp3) is 0.378. The first-order valence-corrected chi connectivity index (χ1v) is 16.8. The summed E-state index contributed by atoms with van der Waals surface area (Å²) in [6.45, 7) is 9.49. The van der Waals surface area contributed by atoms with Gasteiger partial charge in [0.1, 0.15) is 16.5 Å². The maximum absolute atomic E-state index is 13.3. The highest BCUT2D eigenvalue weighted by Crippen LogP contribution is 2.34. The number of aliphatic carboxylic acids is 1. The Balaban J connectivity index is 1.28. The highest BCUT2D eigenvalue weighted by atomic mass is 32.1. The van der Waals surface area contributed by atoms with Crippen LogP contribution in [0, 0.1) is 6.92 Å². The minimum atomic E-state index is -4.43. The maximum Gasteiger partial charge on any atom is 0.416 e. The predicted molar refractivity (Wildman–Crippen MR) is 182 cm³/mol. The van der Waals surface area contributed by atoms with E-state index in [2.05, 4.69) is 21.9 Å². The Morgan fingerprint density at radius 1 is 0.918 bits per heavy atom. The molecule has 0 spiro atoms. The number of nitrogens with zero attached hydrogens (tertiary/aromatic N) is 3. The van der Waals surface area contributed by atoms with Crippen molar-refractivity contribution in [1.29, 1.82) is 0 Å². The summed E-state index contributed by atoms with van der Waals surface area (Å²) in [6, 6.07) is 18.0. The third-order valence-corrected chi connectivity index (χ3v) is 9.80. The van der Waals surface area contributed by atoms with E-state index in [1.807, 2.05) is 12.1 Å². The van der Waals surface area contributed by atoms with Crippen LogP contribution in [0.2, 0.25) is 0 Å². The average molecular weight is 696 g/mol. The Morgan fingerprint density at radius 2 is 1.55 bits per heavy atom. The highest BCUT2D eigenvalue weighted by Gasteiger charge is 2.31. The molecule has 3 aromatic carbocycles. The first kappa shape index (κ1) is 36.0. The topological polar surface area (TPSA) is 92.2 Å². The molecule has 1 aliphatic rings. The van der Waals surface area contributed by atoms with E-state index in [-0.39, 0.29) is 12.2 Å². The van der Waals surface area contributed by atoms with Crippen molar-refractivity contribution in [1.82, 2.24) is 14.8 Å². The Morgan fingerprint density at radius 3 is 2.12 bits per heavy atom. The van der Waals surface area contributed by atoms with Crippen LogP contribution in [0.1, 0.15) is 57.9 Å². The van der Waals surface area contributed by atoms with Crippen LogP contribution in [0.4, 0.5) is 13.2 Å². The molecule has 5 rings (SSSR count). The quantitative estimate of drug-likeness (QED) is 0.144. The zero-order chi connectivity index (χ0) is 35.3. The summed E-state index contributed by atoms with van der Waals surface area (Å²) in [4.78, 5) is 35.3. The molecule has 0 radical (unpaired) electrons. The summed E-state index contributed by atoms with van der Waals surface area (Å²) >= 11 is 1.40. The molecule has 8 nitrogen and oxygen atoms in total. The van der Waals surface area contributed by atoms with Crippen LogP contribution < -0.4 is 9.47 Å². The van der Waals surface area contributed by atoms with Gasteiger partial charge >= 0.3 is 12.1 Å². The van der Waals surface area contributed by atoms with Gasteiger partial charge in [-0.15, -0.1) is 11.3 Å². The summed E-state index contributed by atoms with van der Waals surface area (Å²) in [5, 5.41) is 10.0. The van der Waals surface area contributed by atoms with Crippen molar-refractivity contribution in [3.63, 3.8) is 0 Å². The van der Waals surface area contributed by atoms with Gasteiger partial charge in [-0.2, -0.15) is 13.2 Å². The number of rotatable bonds is 13. The van der Waals surface area contributed by atoms with Gasteiger partial charge in [0.2, 0.25) is 0 Å². The molecule has 4 aromatic rings. The Labute approximate surface area is 288 Å². The average Bonchev–Trinajstić information content (AvgIpc) is 3.47. The number of carbonyl (C=O) groups excluding carboxylic acids is 1. The van der Waals surface area contributed by atoms with Crippen molar-refractivity contribution in [2.75, 3.05) is 33.3 Å². The Kier molecular flexibility index (Phi) is 11.1. The van der Waals surface area contributed by atoms with Crippen molar-refractivity contribution in [2.45, 2.75) is 58.5 Å². The number of hydrogen-bond donors (Lipinski definition) is 1. The molecule has 1 N–H and O–H groups in total. The lowest BCUT2D eigenvalue weighted by Crippen LogP contribution is -2.45. The number of carboxylic acid groups (broad SMARTS) is 1. The van der Waals surface area contributed by atoms with Crippen molar-refractivity contribution in [3.8, 4) is 22.1 Å². The molecule has 49 heavy (non-hydrogen) atoms. The van der Waals surface area contributed by atoms with Crippen molar-refractivity contribution >= 4 is 23.1 Å². The van der Waals surface area contributed by atoms with E-state index in [4.69, 9.17) is 14.5 Å². The lowest BCUT2D eigenvalue weighted by atomic mass is 10.0. The lowest BCUT2D eigenvalue weighted by Gasteiger charge is -2.34. The van der Waals surface area contributed by atoms with Crippen LogP contribution in [0.25, 0.3) is 10.6 Å². The van der Waals surface area contributed by atoms with E-state index < -0.39 is 23.3 Å². The molecule has 0 amide bonds. The number of aryl methyl sites for hydroxylation is 2. The fourth-order valence-electron chi connectivity index (χ4n) is 5.56. The van der Waals surface area contributed by atoms with Gasteiger partial charge in [-0.25, -0.2) is 9.78 Å². The van der Waals surface area contributed by atoms with Gasteiger partial charge in [-0.3, -0.25) is 14.6 Å². The van der Waals surface area contributed by atoms with Gasteiger partial charge in [0.05, 0.1) is 18.4 Å². The number of halogens is 3. The maximum atomic E-state index is 13.3. The van der Waals surface area contributed by atoms with Gasteiger partial charge in [0.25, 0.3) is 0 Å². The van der Waals surface area contributed by atoms with E-state index in [9.17, 15) is 27.9 Å². The monoisotopic (exact) mass is 695 g/mol. The third kappa shape index (κ3) is 9.26. The van der Waals surface area contributed by atoms with E-state index in [0.29, 0.717) is 40.4 Å². The van der Waals surface area contributed by atoms with Gasteiger partial charge in [0.15, 0.2) is 11.4 Å². The fourth-order valence-corrected chi connectivity index (χ4v) is 6.64. The van der Waals surface area contributed by atoms with Gasteiger partial charge in [0, 0.05) is 61.7 Å². The molecule has 1 aliphatic heterocycles. The zero-order valence-electron chi connectivity index (χ0n) is 28.0. The molecule has 0 bridgehead atoms. The number of hydrogen-bond acceptors (Lipinski definition) is 8. The number of benzene rings is 3.